The van der Waals surface area contributed by atoms with E-state index in [0.717, 1.165) is 34.4 Å². The average molecular weight is 422 g/mol. The van der Waals surface area contributed by atoms with Gasteiger partial charge in [0, 0.05) is 34.8 Å². The van der Waals surface area contributed by atoms with Gasteiger partial charge in [0.2, 0.25) is 0 Å². The lowest BCUT2D eigenvalue weighted by Gasteiger charge is -2.15. The monoisotopic (exact) mass is 421 g/mol. The molecule has 0 saturated carbocycles. The van der Waals surface area contributed by atoms with Crippen LogP contribution in [0.5, 0.6) is 0 Å². The van der Waals surface area contributed by atoms with E-state index in [-0.39, 0.29) is 11.8 Å². The zero-order valence-corrected chi connectivity index (χ0v) is 17.4. The molecule has 0 unspecified atom stereocenters. The number of hydrogen-bond acceptors (Lipinski definition) is 4. The van der Waals surface area contributed by atoms with E-state index in [2.05, 4.69) is 29.2 Å². The van der Waals surface area contributed by atoms with Gasteiger partial charge in [0.1, 0.15) is 0 Å². The Kier molecular flexibility index (Phi) is 5.51. The molecule has 2 heterocycles. The van der Waals surface area contributed by atoms with Crippen LogP contribution in [0, 0.1) is 0 Å². The molecule has 1 aliphatic rings. The summed E-state index contributed by atoms with van der Waals surface area (Å²) in [6.45, 7) is 3.04. The first-order valence-electron chi connectivity index (χ1n) is 9.30. The number of hydrazine groups is 1. The molecule has 3 aromatic rings. The zero-order chi connectivity index (χ0) is 20.4. The van der Waals surface area contributed by atoms with Crippen molar-refractivity contribution in [2.24, 2.45) is 0 Å². The number of hydrogen-bond donors (Lipinski definition) is 1. The number of aromatic nitrogens is 1. The number of benzene rings is 2. The predicted molar refractivity (Wildman–Crippen MR) is 121 cm³/mol. The second kappa shape index (κ2) is 8.23. The van der Waals surface area contributed by atoms with Gasteiger partial charge in [-0.3, -0.25) is 15.0 Å². The van der Waals surface area contributed by atoms with Gasteiger partial charge in [0.15, 0.2) is 4.32 Å². The molecule has 146 valence electrons. The van der Waals surface area contributed by atoms with Crippen LogP contribution in [0.3, 0.4) is 0 Å². The Morgan fingerprint density at radius 1 is 1.14 bits per heavy atom. The number of nitrogens with one attached hydrogen (secondary N) is 1. The number of thiocarbonyl (C=S) groups is 1. The molecule has 2 aromatic carbocycles. The maximum absolute atomic E-state index is 12.9. The van der Waals surface area contributed by atoms with E-state index < -0.39 is 0 Å². The van der Waals surface area contributed by atoms with Crippen molar-refractivity contribution >= 4 is 57.1 Å². The van der Waals surface area contributed by atoms with Crippen molar-refractivity contribution in [3.05, 3.63) is 76.8 Å². The van der Waals surface area contributed by atoms with Crippen LogP contribution >= 0.6 is 24.0 Å². The van der Waals surface area contributed by atoms with E-state index in [9.17, 15) is 9.59 Å². The lowest BCUT2D eigenvalue weighted by Crippen LogP contribution is -2.44. The maximum Gasteiger partial charge on any atom is 0.285 e. The highest BCUT2D eigenvalue weighted by Gasteiger charge is 2.34. The van der Waals surface area contributed by atoms with Gasteiger partial charge in [-0.2, -0.15) is 5.01 Å². The molecule has 7 heteroatoms. The van der Waals surface area contributed by atoms with Crippen LogP contribution in [0.4, 0.5) is 0 Å². The van der Waals surface area contributed by atoms with Crippen LogP contribution in [-0.4, -0.2) is 25.7 Å². The van der Waals surface area contributed by atoms with Crippen LogP contribution in [0.2, 0.25) is 0 Å². The minimum absolute atomic E-state index is 0.308. The first kappa shape index (κ1) is 19.4. The van der Waals surface area contributed by atoms with Crippen LogP contribution in [0.25, 0.3) is 17.0 Å². The molecule has 5 nitrogen and oxygen atoms in total. The molecule has 1 aromatic heterocycles. The van der Waals surface area contributed by atoms with Crippen LogP contribution in [0.1, 0.15) is 29.3 Å². The Bertz CT molecular complexity index is 1140. The van der Waals surface area contributed by atoms with Crippen molar-refractivity contribution in [1.82, 2.24) is 15.0 Å². The van der Waals surface area contributed by atoms with Crippen LogP contribution in [-0.2, 0) is 11.3 Å². The summed E-state index contributed by atoms with van der Waals surface area (Å²) in [7, 11) is 0. The Balaban J connectivity index is 1.61. The third-order valence-corrected chi connectivity index (χ3v) is 5.92. The van der Waals surface area contributed by atoms with E-state index in [0.29, 0.717) is 14.8 Å². The molecule has 0 radical (unpaired) electrons. The van der Waals surface area contributed by atoms with Crippen LogP contribution < -0.4 is 5.43 Å². The highest BCUT2D eigenvalue weighted by atomic mass is 32.2. The minimum atomic E-state index is -0.373. The number of aryl methyl sites for hydroxylation is 1. The van der Waals surface area contributed by atoms with Gasteiger partial charge < -0.3 is 4.57 Å². The molecule has 4 rings (SSSR count). The summed E-state index contributed by atoms with van der Waals surface area (Å²) in [6.07, 6.45) is 4.93. The molecule has 1 saturated heterocycles. The molecule has 0 spiro atoms. The molecule has 1 fully saturated rings. The van der Waals surface area contributed by atoms with Gasteiger partial charge in [-0.1, -0.05) is 55.1 Å². The highest BCUT2D eigenvalue weighted by Crippen LogP contribution is 2.33. The summed E-state index contributed by atoms with van der Waals surface area (Å²) in [5.74, 6) is -0.695. The second-order valence-electron chi connectivity index (χ2n) is 6.62. The van der Waals surface area contributed by atoms with Crippen LogP contribution in [0.15, 0.2) is 65.7 Å². The number of nitrogens with zero attached hydrogens (tertiary/aromatic N) is 2. The third-order valence-electron chi connectivity index (χ3n) is 4.61. The summed E-state index contributed by atoms with van der Waals surface area (Å²) in [4.78, 5) is 25.8. The lowest BCUT2D eigenvalue weighted by atomic mass is 10.1. The van der Waals surface area contributed by atoms with E-state index in [4.69, 9.17) is 12.2 Å². The molecule has 0 bridgehead atoms. The Morgan fingerprint density at radius 2 is 1.86 bits per heavy atom. The molecular formula is C22H19N3O2S2. The third kappa shape index (κ3) is 3.83. The number of carbonyl (C=O) groups excluding carboxylic acids is 2. The highest BCUT2D eigenvalue weighted by molar-refractivity contribution is 8.26. The van der Waals surface area contributed by atoms with Gasteiger partial charge in [-0.25, -0.2) is 0 Å². The first-order chi connectivity index (χ1) is 14.1. The van der Waals surface area contributed by atoms with Crippen molar-refractivity contribution in [1.29, 1.82) is 0 Å². The quantitative estimate of drug-likeness (QED) is 0.483. The van der Waals surface area contributed by atoms with E-state index in [1.54, 1.807) is 24.3 Å². The van der Waals surface area contributed by atoms with Crippen molar-refractivity contribution in [2.75, 3.05) is 0 Å². The van der Waals surface area contributed by atoms with Gasteiger partial charge in [-0.15, -0.1) is 0 Å². The smallest absolute Gasteiger partial charge is 0.285 e. The topological polar surface area (TPSA) is 54.3 Å². The average Bonchev–Trinajstić information content (AvgIpc) is 3.21. The largest absolute Gasteiger partial charge is 0.347 e. The van der Waals surface area contributed by atoms with E-state index >= 15 is 0 Å². The lowest BCUT2D eigenvalue weighted by molar-refractivity contribution is -0.123. The van der Waals surface area contributed by atoms with E-state index in [1.807, 2.05) is 30.3 Å². The Labute approximate surface area is 178 Å². The summed E-state index contributed by atoms with van der Waals surface area (Å²) in [6, 6.07) is 16.9. The van der Waals surface area contributed by atoms with Gasteiger partial charge in [0.25, 0.3) is 11.8 Å². The second-order valence-corrected chi connectivity index (χ2v) is 8.29. The Hall–Kier alpha value is -2.90. The van der Waals surface area contributed by atoms with Crippen molar-refractivity contribution in [2.45, 2.75) is 19.9 Å². The number of thioether (sulfide) groups is 1. The Morgan fingerprint density at radius 3 is 2.62 bits per heavy atom. The predicted octanol–water partition coefficient (Wildman–Crippen LogP) is 4.60. The summed E-state index contributed by atoms with van der Waals surface area (Å²) >= 11 is 6.52. The molecule has 1 N–H and O–H groups in total. The molecular weight excluding hydrogens is 402 g/mol. The van der Waals surface area contributed by atoms with Gasteiger partial charge in [-0.05, 0) is 42.9 Å². The summed E-state index contributed by atoms with van der Waals surface area (Å²) < 4.78 is 2.50. The zero-order valence-electron chi connectivity index (χ0n) is 15.8. The number of para-hydroxylation sites is 1. The van der Waals surface area contributed by atoms with E-state index in [1.165, 1.54) is 11.8 Å². The minimum Gasteiger partial charge on any atom is -0.347 e. The number of carbonyl (C=O) groups is 2. The maximum atomic E-state index is 12.9. The van der Waals surface area contributed by atoms with Gasteiger partial charge in [0.05, 0.1) is 4.91 Å². The molecule has 1 aliphatic heterocycles. The number of amides is 2. The molecule has 29 heavy (non-hydrogen) atoms. The number of rotatable bonds is 5. The summed E-state index contributed by atoms with van der Waals surface area (Å²) in [5.41, 5.74) is 5.17. The number of fused-ring (bicyclic) bond motifs is 1. The first-order valence-corrected chi connectivity index (χ1v) is 10.5. The summed E-state index contributed by atoms with van der Waals surface area (Å²) in [5, 5.41) is 2.23. The van der Waals surface area contributed by atoms with Crippen molar-refractivity contribution < 1.29 is 9.59 Å². The normalized spacial score (nSPS) is 15.5. The molecule has 0 atom stereocenters. The molecule has 2 amide bonds. The molecule has 0 aliphatic carbocycles. The van der Waals surface area contributed by atoms with Crippen molar-refractivity contribution in [3.8, 4) is 0 Å². The van der Waals surface area contributed by atoms with Crippen molar-refractivity contribution in [3.63, 3.8) is 0 Å². The fourth-order valence-corrected chi connectivity index (χ4v) is 4.45. The fraction of sp³-hybridized carbons (Fsp3) is 0.136. The SMILES string of the molecule is CCCn1cc(/C=C2\SC(=S)N(NC(=O)c3ccccc3)C2=O)c2ccccc21. The fourth-order valence-electron chi connectivity index (χ4n) is 3.28. The standard InChI is InChI=1S/C22H19N3O2S2/c1-2-12-24-14-16(17-10-6-7-11-18(17)24)13-19-21(27)25(22(28)29-19)23-20(26)15-8-4-3-5-9-15/h3-11,13-14H,2,12H2,1H3,(H,23,26)/b19-13-. The van der Waals surface area contributed by atoms with Gasteiger partial charge >= 0.3 is 0 Å².